The fourth-order valence-corrected chi connectivity index (χ4v) is 7.02. The number of carboxylic acids is 1. The first-order valence-electron chi connectivity index (χ1n) is 14.1. The van der Waals surface area contributed by atoms with Gasteiger partial charge < -0.3 is 19.7 Å². The molecule has 1 aromatic rings. The van der Waals surface area contributed by atoms with Gasteiger partial charge in [-0.3, -0.25) is 0 Å². The molecule has 0 fully saturated rings. The third-order valence-corrected chi connectivity index (χ3v) is 11.5. The van der Waals surface area contributed by atoms with Crippen molar-refractivity contribution in [3.63, 3.8) is 0 Å². The molecule has 2 atom stereocenters. The van der Waals surface area contributed by atoms with Gasteiger partial charge >= 0.3 is 5.97 Å². The number of benzene rings is 1. The molecule has 0 heterocycles. The highest BCUT2D eigenvalue weighted by atomic mass is 79.9. The maximum atomic E-state index is 13.1. The monoisotopic (exact) mass is 787 g/mol. The van der Waals surface area contributed by atoms with E-state index in [4.69, 9.17) is 4.74 Å². The summed E-state index contributed by atoms with van der Waals surface area (Å²) in [6.07, 6.45) is 18.9. The van der Waals surface area contributed by atoms with Crippen molar-refractivity contribution in [2.75, 3.05) is 0 Å². The summed E-state index contributed by atoms with van der Waals surface area (Å²) in [6, 6.07) is 0. The van der Waals surface area contributed by atoms with Crippen molar-refractivity contribution in [1.82, 2.24) is 0 Å². The van der Waals surface area contributed by atoms with Crippen LogP contribution in [0.2, 0.25) is 0 Å². The van der Waals surface area contributed by atoms with Crippen LogP contribution in [-0.2, 0) is 4.74 Å². The summed E-state index contributed by atoms with van der Waals surface area (Å²) in [7, 11) is 0. The predicted molar refractivity (Wildman–Crippen MR) is 167 cm³/mol. The lowest BCUT2D eigenvalue weighted by Crippen LogP contribution is -2.29. The quantitative estimate of drug-likeness (QED) is 0.0581. The molecule has 1 aromatic carbocycles. The van der Waals surface area contributed by atoms with Crippen LogP contribution in [-0.4, -0.2) is 29.3 Å². The van der Waals surface area contributed by atoms with Gasteiger partial charge in [-0.05, 0) is 83.5 Å². The molecule has 0 aliphatic rings. The van der Waals surface area contributed by atoms with Gasteiger partial charge in [0.1, 0.15) is 6.10 Å². The normalized spacial score (nSPS) is 12.9. The van der Waals surface area contributed by atoms with E-state index in [1.165, 1.54) is 77.0 Å². The Morgan fingerprint density at radius 3 is 1.50 bits per heavy atom. The Hall–Kier alpha value is 0.0400. The molecule has 9 heteroatoms. The zero-order chi connectivity index (χ0) is 28.5. The topological polar surface area (TPSA) is 86.7 Å². The minimum absolute atomic E-state index is 0.126. The van der Waals surface area contributed by atoms with Gasteiger partial charge in [0.15, 0.2) is 0 Å². The standard InChI is InChI=1S/C29H44Br4O5/c1-3-4-5-6-7-8-9-10-11-12-13-14-15-16-17-18-21(19-20(2)34)38-29(37)23-22(28(35)36)24(30)26(32)27(33)25(23)31/h20-21,34H,3-19H2,1-2H3,(H,35,36)/p-1. The van der Waals surface area contributed by atoms with Crippen molar-refractivity contribution in [3.05, 3.63) is 29.0 Å². The number of unbranched alkanes of at least 4 members (excludes halogenated alkanes) is 14. The molecular weight excluding hydrogens is 748 g/mol. The van der Waals surface area contributed by atoms with Gasteiger partial charge in [0.2, 0.25) is 0 Å². The molecule has 5 nitrogen and oxygen atoms in total. The van der Waals surface area contributed by atoms with Crippen LogP contribution in [0.15, 0.2) is 17.9 Å². The number of halogens is 4. The van der Waals surface area contributed by atoms with Crippen LogP contribution in [0.3, 0.4) is 0 Å². The highest BCUT2D eigenvalue weighted by Gasteiger charge is 2.28. The predicted octanol–water partition coefficient (Wildman–Crippen LogP) is 9.66. The number of carboxylic acid groups (broad SMARTS) is 1. The smallest absolute Gasteiger partial charge is 0.340 e. The number of carbonyl (C=O) groups excluding carboxylic acids is 2. The minimum Gasteiger partial charge on any atom is -0.545 e. The molecule has 0 amide bonds. The first-order chi connectivity index (χ1) is 18.1. The van der Waals surface area contributed by atoms with E-state index in [-0.39, 0.29) is 20.1 Å². The number of hydrogen-bond acceptors (Lipinski definition) is 5. The highest BCUT2D eigenvalue weighted by Crippen LogP contribution is 2.42. The van der Waals surface area contributed by atoms with Gasteiger partial charge in [0, 0.05) is 29.9 Å². The van der Waals surface area contributed by atoms with E-state index in [9.17, 15) is 19.8 Å². The number of carbonyl (C=O) groups is 2. The number of ether oxygens (including phenoxy) is 1. The third kappa shape index (κ3) is 13.6. The minimum atomic E-state index is -1.49. The van der Waals surface area contributed by atoms with E-state index in [1.54, 1.807) is 6.92 Å². The van der Waals surface area contributed by atoms with Crippen molar-refractivity contribution in [3.8, 4) is 0 Å². The fourth-order valence-electron chi connectivity index (χ4n) is 4.57. The van der Waals surface area contributed by atoms with E-state index in [1.807, 2.05) is 0 Å². The zero-order valence-corrected chi connectivity index (χ0v) is 29.1. The number of hydrogen-bond donors (Lipinski definition) is 1. The molecule has 1 N–H and O–H groups in total. The van der Waals surface area contributed by atoms with Crippen molar-refractivity contribution in [2.24, 2.45) is 0 Å². The highest BCUT2D eigenvalue weighted by molar-refractivity contribution is 9.15. The van der Waals surface area contributed by atoms with E-state index in [0.29, 0.717) is 21.8 Å². The number of aromatic carboxylic acids is 1. The number of rotatable bonds is 21. The van der Waals surface area contributed by atoms with Crippen LogP contribution in [0, 0.1) is 0 Å². The molecule has 0 aromatic heterocycles. The van der Waals surface area contributed by atoms with E-state index >= 15 is 0 Å². The molecule has 0 aliphatic carbocycles. The van der Waals surface area contributed by atoms with E-state index in [0.717, 1.165) is 19.3 Å². The van der Waals surface area contributed by atoms with Gasteiger partial charge in [-0.15, -0.1) is 0 Å². The second-order valence-electron chi connectivity index (χ2n) is 10.1. The Labute approximate surface area is 262 Å². The summed E-state index contributed by atoms with van der Waals surface area (Å²) in [5.74, 6) is -2.26. The van der Waals surface area contributed by atoms with Gasteiger partial charge in [0.25, 0.3) is 0 Å². The summed E-state index contributed by atoms with van der Waals surface area (Å²) in [6.45, 7) is 3.91. The average Bonchev–Trinajstić information content (AvgIpc) is 2.86. The maximum Gasteiger partial charge on any atom is 0.340 e. The number of aliphatic hydroxyl groups is 1. The second-order valence-corrected chi connectivity index (χ2v) is 13.3. The van der Waals surface area contributed by atoms with Crippen molar-refractivity contribution in [2.45, 2.75) is 135 Å². The second kappa shape index (κ2) is 20.8. The molecule has 38 heavy (non-hydrogen) atoms. The summed E-state index contributed by atoms with van der Waals surface area (Å²) >= 11 is 13.2. The zero-order valence-electron chi connectivity index (χ0n) is 22.8. The van der Waals surface area contributed by atoms with Crippen molar-refractivity contribution >= 4 is 75.7 Å². The summed E-state index contributed by atoms with van der Waals surface area (Å²) in [5, 5.41) is 21.7. The van der Waals surface area contributed by atoms with Crippen LogP contribution >= 0.6 is 63.7 Å². The molecule has 0 spiro atoms. The first-order valence-corrected chi connectivity index (χ1v) is 17.2. The lowest BCUT2D eigenvalue weighted by Gasteiger charge is -2.22. The molecule has 218 valence electrons. The molecule has 0 radical (unpaired) electrons. The van der Waals surface area contributed by atoms with Crippen molar-refractivity contribution < 1.29 is 24.5 Å². The molecule has 2 unspecified atom stereocenters. The molecule has 0 aliphatic heterocycles. The molecular formula is C29H43Br4O5-. The molecule has 0 bridgehead atoms. The Morgan fingerprint density at radius 1 is 0.711 bits per heavy atom. The van der Waals surface area contributed by atoms with Crippen LogP contribution in [0.1, 0.15) is 144 Å². The van der Waals surface area contributed by atoms with Crippen molar-refractivity contribution in [1.29, 1.82) is 0 Å². The Bertz CT molecular complexity index is 860. The lowest BCUT2D eigenvalue weighted by atomic mass is 10.0. The Kier molecular flexibility index (Phi) is 19.8. The van der Waals surface area contributed by atoms with E-state index < -0.39 is 24.1 Å². The summed E-state index contributed by atoms with van der Waals surface area (Å²) < 4.78 is 7.09. The van der Waals surface area contributed by atoms with Crippen LogP contribution in [0.4, 0.5) is 0 Å². The molecule has 0 saturated heterocycles. The fraction of sp³-hybridized carbons (Fsp3) is 0.724. The molecule has 0 saturated carbocycles. The molecule has 1 rings (SSSR count). The lowest BCUT2D eigenvalue weighted by molar-refractivity contribution is -0.255. The van der Waals surface area contributed by atoms with E-state index in [2.05, 4.69) is 70.6 Å². The van der Waals surface area contributed by atoms with Crippen LogP contribution < -0.4 is 5.11 Å². The van der Waals surface area contributed by atoms with Gasteiger partial charge in [0.05, 0.1) is 17.6 Å². The van der Waals surface area contributed by atoms with Gasteiger partial charge in [-0.1, -0.05) is 96.8 Å². The third-order valence-electron chi connectivity index (χ3n) is 6.68. The number of aliphatic hydroxyl groups excluding tert-OH is 1. The van der Waals surface area contributed by atoms with Crippen LogP contribution in [0.5, 0.6) is 0 Å². The Morgan fingerprint density at radius 2 is 1.11 bits per heavy atom. The maximum absolute atomic E-state index is 13.1. The van der Waals surface area contributed by atoms with Gasteiger partial charge in [-0.2, -0.15) is 0 Å². The van der Waals surface area contributed by atoms with Gasteiger partial charge in [-0.25, -0.2) is 4.79 Å². The Balaban J connectivity index is 2.43. The SMILES string of the molecule is CCCCCCCCCCCCCCCCCC(CC(C)O)OC(=O)c1c(Br)c(Br)c(Br)c(Br)c1C(=O)[O-]. The first kappa shape index (κ1) is 36.1. The number of esters is 1. The largest absolute Gasteiger partial charge is 0.545 e. The summed E-state index contributed by atoms with van der Waals surface area (Å²) in [4.78, 5) is 24.9. The average molecular weight is 791 g/mol. The van der Waals surface area contributed by atoms with Crippen LogP contribution in [0.25, 0.3) is 0 Å². The summed E-state index contributed by atoms with van der Waals surface area (Å²) in [5.41, 5.74) is -0.418.